The highest BCUT2D eigenvalue weighted by Gasteiger charge is 2.28. The summed E-state index contributed by atoms with van der Waals surface area (Å²) in [5, 5.41) is 7.84. The van der Waals surface area contributed by atoms with Crippen LogP contribution in [0, 0.1) is 0 Å². The molecule has 2 aliphatic rings. The zero-order valence-electron chi connectivity index (χ0n) is 14.5. The first kappa shape index (κ1) is 16.4. The Labute approximate surface area is 146 Å². The number of nitrogens with zero attached hydrogens (tertiary/aromatic N) is 3. The zero-order valence-corrected chi connectivity index (χ0v) is 14.5. The highest BCUT2D eigenvalue weighted by atomic mass is 16.5. The van der Waals surface area contributed by atoms with Gasteiger partial charge in [-0.2, -0.15) is 5.10 Å². The Kier molecular flexibility index (Phi) is 4.59. The van der Waals surface area contributed by atoms with E-state index in [2.05, 4.69) is 21.8 Å². The van der Waals surface area contributed by atoms with Gasteiger partial charge in [0.25, 0.3) is 5.91 Å². The Balaban J connectivity index is 1.38. The maximum Gasteiger partial charge on any atom is 0.287 e. The first-order chi connectivity index (χ1) is 12.2. The van der Waals surface area contributed by atoms with Gasteiger partial charge < -0.3 is 14.5 Å². The van der Waals surface area contributed by atoms with Crippen molar-refractivity contribution in [1.82, 2.24) is 20.0 Å². The van der Waals surface area contributed by atoms with Gasteiger partial charge in [0.05, 0.1) is 25.2 Å². The van der Waals surface area contributed by atoms with Gasteiger partial charge in [-0.25, -0.2) is 0 Å². The topological polar surface area (TPSA) is 72.5 Å². The molecular formula is C18H24N4O3. The lowest BCUT2D eigenvalue weighted by Gasteiger charge is -2.17. The van der Waals surface area contributed by atoms with Crippen molar-refractivity contribution in [2.75, 3.05) is 19.7 Å². The number of aromatic nitrogens is 2. The molecule has 0 aromatic carbocycles. The van der Waals surface area contributed by atoms with E-state index in [1.54, 1.807) is 12.1 Å². The lowest BCUT2D eigenvalue weighted by Crippen LogP contribution is -2.36. The third kappa shape index (κ3) is 3.34. The van der Waals surface area contributed by atoms with Crippen LogP contribution in [0.25, 0.3) is 0 Å². The van der Waals surface area contributed by atoms with E-state index in [0.29, 0.717) is 12.4 Å². The Morgan fingerprint density at radius 3 is 3.20 bits per heavy atom. The third-order valence-electron chi connectivity index (χ3n) is 5.00. The lowest BCUT2D eigenvalue weighted by atomic mass is 10.1. The van der Waals surface area contributed by atoms with Crippen molar-refractivity contribution in [2.45, 2.75) is 45.5 Å². The smallest absolute Gasteiger partial charge is 0.287 e. The number of hydrogen-bond acceptors (Lipinski definition) is 5. The summed E-state index contributed by atoms with van der Waals surface area (Å²) in [7, 11) is 0. The molecule has 0 saturated carbocycles. The summed E-state index contributed by atoms with van der Waals surface area (Å²) < 4.78 is 12.9. The Morgan fingerprint density at radius 2 is 2.40 bits per heavy atom. The van der Waals surface area contributed by atoms with Gasteiger partial charge in [0.1, 0.15) is 0 Å². The highest BCUT2D eigenvalue weighted by molar-refractivity contribution is 5.91. The van der Waals surface area contributed by atoms with Gasteiger partial charge in [-0.05, 0) is 25.5 Å². The molecule has 0 spiro atoms. The molecule has 25 heavy (non-hydrogen) atoms. The maximum atomic E-state index is 12.1. The number of hydrogen-bond donors (Lipinski definition) is 1. The van der Waals surface area contributed by atoms with Crippen molar-refractivity contribution < 1.29 is 13.9 Å². The molecule has 134 valence electrons. The number of carbonyl (C=O) groups excluding carboxylic acids is 1. The largest absolute Gasteiger partial charge is 0.459 e. The average molecular weight is 344 g/mol. The van der Waals surface area contributed by atoms with Crippen LogP contribution >= 0.6 is 0 Å². The van der Waals surface area contributed by atoms with Crippen LogP contribution in [0.3, 0.4) is 0 Å². The summed E-state index contributed by atoms with van der Waals surface area (Å²) in [5.41, 5.74) is 3.70. The minimum Gasteiger partial charge on any atom is -0.459 e. The second kappa shape index (κ2) is 7.01. The zero-order chi connectivity index (χ0) is 17.2. The van der Waals surface area contributed by atoms with E-state index in [-0.39, 0.29) is 11.9 Å². The summed E-state index contributed by atoms with van der Waals surface area (Å²) in [5.74, 6) is 0.226. The molecular weight excluding hydrogens is 320 g/mol. The number of rotatable bonds is 5. The van der Waals surface area contributed by atoms with Crippen molar-refractivity contribution in [2.24, 2.45) is 0 Å². The average Bonchev–Trinajstić information content (AvgIpc) is 3.36. The summed E-state index contributed by atoms with van der Waals surface area (Å²) in [6.07, 6.45) is 3.41. The van der Waals surface area contributed by atoms with Gasteiger partial charge in [0.2, 0.25) is 0 Å². The Bertz CT molecular complexity index is 738. The SMILES string of the molecule is CCn1nc(CN2CCC(NC(=O)c3ccco3)C2)c2c1CCOC2. The predicted octanol–water partition coefficient (Wildman–Crippen LogP) is 1.57. The van der Waals surface area contributed by atoms with Crippen LogP contribution in [0.1, 0.15) is 40.9 Å². The third-order valence-corrected chi connectivity index (χ3v) is 5.00. The van der Waals surface area contributed by atoms with E-state index in [9.17, 15) is 4.79 Å². The molecule has 0 bridgehead atoms. The summed E-state index contributed by atoms with van der Waals surface area (Å²) in [6.45, 7) is 7.07. The molecule has 2 aromatic heterocycles. The van der Waals surface area contributed by atoms with Gasteiger partial charge in [0.15, 0.2) is 5.76 Å². The van der Waals surface area contributed by atoms with Crippen LogP contribution in [0.4, 0.5) is 0 Å². The summed E-state index contributed by atoms with van der Waals surface area (Å²) >= 11 is 0. The van der Waals surface area contributed by atoms with Gasteiger partial charge >= 0.3 is 0 Å². The minimum absolute atomic E-state index is 0.141. The standard InChI is InChI=1S/C18H24N4O3/c1-2-22-16-6-9-24-12-14(16)15(20-22)11-21-7-5-13(10-21)19-18(23)17-4-3-8-25-17/h3-4,8,13H,2,5-7,9-12H2,1H3,(H,19,23). The van der Waals surface area contributed by atoms with Gasteiger partial charge in [-0.15, -0.1) is 0 Å². The number of likely N-dealkylation sites (tertiary alicyclic amines) is 1. The van der Waals surface area contributed by atoms with Crippen molar-refractivity contribution in [3.05, 3.63) is 41.1 Å². The van der Waals surface area contributed by atoms with E-state index < -0.39 is 0 Å². The van der Waals surface area contributed by atoms with Gasteiger partial charge in [-0.3, -0.25) is 14.4 Å². The van der Waals surface area contributed by atoms with E-state index in [0.717, 1.165) is 51.3 Å². The van der Waals surface area contributed by atoms with Gasteiger partial charge in [-0.1, -0.05) is 0 Å². The monoisotopic (exact) mass is 344 g/mol. The minimum atomic E-state index is -0.141. The molecule has 7 nitrogen and oxygen atoms in total. The molecule has 1 atom stereocenters. The number of nitrogens with one attached hydrogen (secondary N) is 1. The number of amides is 1. The molecule has 2 aromatic rings. The number of aryl methyl sites for hydroxylation is 1. The lowest BCUT2D eigenvalue weighted by molar-refractivity contribution is 0.0909. The number of carbonyl (C=O) groups is 1. The summed E-state index contributed by atoms with van der Waals surface area (Å²) in [6, 6.07) is 3.56. The second-order valence-corrected chi connectivity index (χ2v) is 6.66. The van der Waals surface area contributed by atoms with Crippen LogP contribution < -0.4 is 5.32 Å². The molecule has 1 fully saturated rings. The van der Waals surface area contributed by atoms with Crippen molar-refractivity contribution in [3.63, 3.8) is 0 Å². The van der Waals surface area contributed by atoms with E-state index >= 15 is 0 Å². The summed E-state index contributed by atoms with van der Waals surface area (Å²) in [4.78, 5) is 14.5. The van der Waals surface area contributed by atoms with E-state index in [1.807, 2.05) is 0 Å². The molecule has 2 aliphatic heterocycles. The molecule has 1 amide bonds. The number of furan rings is 1. The van der Waals surface area contributed by atoms with E-state index in [1.165, 1.54) is 17.5 Å². The Hall–Kier alpha value is -2.12. The molecule has 0 radical (unpaired) electrons. The molecule has 0 aliphatic carbocycles. The maximum absolute atomic E-state index is 12.1. The quantitative estimate of drug-likeness (QED) is 0.891. The van der Waals surface area contributed by atoms with Crippen LogP contribution in [-0.2, 0) is 30.9 Å². The first-order valence-electron chi connectivity index (χ1n) is 8.96. The number of ether oxygens (including phenoxy) is 1. The Morgan fingerprint density at radius 1 is 1.48 bits per heavy atom. The normalized spacial score (nSPS) is 20.6. The van der Waals surface area contributed by atoms with E-state index in [4.69, 9.17) is 14.3 Å². The first-order valence-corrected chi connectivity index (χ1v) is 8.96. The predicted molar refractivity (Wildman–Crippen MR) is 91.1 cm³/mol. The second-order valence-electron chi connectivity index (χ2n) is 6.66. The molecule has 1 unspecified atom stereocenters. The molecule has 1 saturated heterocycles. The number of fused-ring (bicyclic) bond motifs is 1. The van der Waals surface area contributed by atoms with Crippen LogP contribution in [0.5, 0.6) is 0 Å². The fourth-order valence-corrected chi connectivity index (χ4v) is 3.74. The highest BCUT2D eigenvalue weighted by Crippen LogP contribution is 2.23. The van der Waals surface area contributed by atoms with Crippen molar-refractivity contribution >= 4 is 5.91 Å². The van der Waals surface area contributed by atoms with Crippen molar-refractivity contribution in [3.8, 4) is 0 Å². The molecule has 4 heterocycles. The van der Waals surface area contributed by atoms with Crippen LogP contribution in [0.15, 0.2) is 22.8 Å². The molecule has 1 N–H and O–H groups in total. The van der Waals surface area contributed by atoms with Crippen LogP contribution in [-0.4, -0.2) is 46.3 Å². The fraction of sp³-hybridized carbons (Fsp3) is 0.556. The van der Waals surface area contributed by atoms with Gasteiger partial charge in [0, 0.05) is 49.9 Å². The van der Waals surface area contributed by atoms with Crippen LogP contribution in [0.2, 0.25) is 0 Å². The molecule has 7 heteroatoms. The fourth-order valence-electron chi connectivity index (χ4n) is 3.74. The molecule has 4 rings (SSSR count). The van der Waals surface area contributed by atoms with Crippen molar-refractivity contribution in [1.29, 1.82) is 0 Å².